The molecule has 4 heteroatoms. The summed E-state index contributed by atoms with van der Waals surface area (Å²) in [6.07, 6.45) is -0.952. The zero-order chi connectivity index (χ0) is 10.8. The van der Waals surface area contributed by atoms with Crippen molar-refractivity contribution in [2.75, 3.05) is 6.61 Å². The predicted octanol–water partition coefficient (Wildman–Crippen LogP) is 2.21. The zero-order valence-corrected chi connectivity index (χ0v) is 8.67. The molecule has 0 saturated heterocycles. The maximum atomic E-state index is 11.9. The van der Waals surface area contributed by atoms with Gasteiger partial charge in [-0.1, -0.05) is 13.8 Å². The van der Waals surface area contributed by atoms with Crippen LogP contribution < -0.4 is 0 Å². The van der Waals surface area contributed by atoms with Crippen LogP contribution in [-0.2, 0) is 4.74 Å². The van der Waals surface area contributed by atoms with Crippen molar-refractivity contribution in [2.45, 2.75) is 51.7 Å². The van der Waals surface area contributed by atoms with Crippen molar-refractivity contribution in [1.29, 1.82) is 0 Å². The first-order chi connectivity index (χ1) is 6.56. The second kappa shape index (κ2) is 4.53. The van der Waals surface area contributed by atoms with Gasteiger partial charge in [0.05, 0.1) is 12.2 Å². The molecule has 1 saturated carbocycles. The first kappa shape index (κ1) is 11.9. The predicted molar refractivity (Wildman–Crippen MR) is 49.4 cm³/mol. The molecule has 0 amide bonds. The van der Waals surface area contributed by atoms with E-state index in [-0.39, 0.29) is 17.6 Å². The van der Waals surface area contributed by atoms with E-state index in [0.29, 0.717) is 6.42 Å². The van der Waals surface area contributed by atoms with Gasteiger partial charge in [0, 0.05) is 11.8 Å². The fourth-order valence-corrected chi connectivity index (χ4v) is 2.33. The van der Waals surface area contributed by atoms with Crippen LogP contribution in [0.2, 0.25) is 0 Å². The van der Waals surface area contributed by atoms with Gasteiger partial charge < -0.3 is 9.84 Å². The minimum Gasteiger partial charge on any atom is -0.392 e. The monoisotopic (exact) mass is 208 g/mol. The summed E-state index contributed by atoms with van der Waals surface area (Å²) in [5, 5.41) is 9.63. The van der Waals surface area contributed by atoms with E-state index in [0.717, 1.165) is 12.8 Å². The zero-order valence-electron chi connectivity index (χ0n) is 8.67. The van der Waals surface area contributed by atoms with Crippen LogP contribution in [0.5, 0.6) is 0 Å². The van der Waals surface area contributed by atoms with Crippen LogP contribution in [0, 0.1) is 5.41 Å². The van der Waals surface area contributed by atoms with Gasteiger partial charge in [-0.15, -0.1) is 0 Å². The van der Waals surface area contributed by atoms with Crippen molar-refractivity contribution in [3.8, 4) is 0 Å². The molecule has 2 atom stereocenters. The van der Waals surface area contributed by atoms with E-state index < -0.39 is 13.0 Å². The van der Waals surface area contributed by atoms with Crippen molar-refractivity contribution >= 4 is 0 Å². The van der Waals surface area contributed by atoms with Crippen LogP contribution in [0.25, 0.3) is 0 Å². The van der Waals surface area contributed by atoms with Crippen molar-refractivity contribution in [1.82, 2.24) is 0 Å². The smallest absolute Gasteiger partial charge is 0.261 e. The lowest BCUT2D eigenvalue weighted by atomic mass is 9.60. The van der Waals surface area contributed by atoms with Crippen LogP contribution >= 0.6 is 0 Å². The van der Waals surface area contributed by atoms with Crippen molar-refractivity contribution in [3.63, 3.8) is 0 Å². The largest absolute Gasteiger partial charge is 0.392 e. The Balaban J connectivity index is 2.47. The molecule has 0 aromatic rings. The van der Waals surface area contributed by atoms with Crippen LogP contribution in [-0.4, -0.2) is 30.3 Å². The lowest BCUT2D eigenvalue weighted by Gasteiger charge is -2.52. The summed E-state index contributed by atoms with van der Waals surface area (Å²) in [6, 6.07) is 0. The van der Waals surface area contributed by atoms with Gasteiger partial charge in [-0.05, 0) is 12.8 Å². The van der Waals surface area contributed by atoms with Crippen molar-refractivity contribution in [3.05, 3.63) is 0 Å². The van der Waals surface area contributed by atoms with E-state index in [1.54, 1.807) is 0 Å². The fraction of sp³-hybridized carbons (Fsp3) is 1.00. The topological polar surface area (TPSA) is 29.5 Å². The molecule has 14 heavy (non-hydrogen) atoms. The first-order valence-corrected chi connectivity index (χ1v) is 5.14. The summed E-state index contributed by atoms with van der Waals surface area (Å²) in [7, 11) is 0. The van der Waals surface area contributed by atoms with Gasteiger partial charge in [-0.3, -0.25) is 0 Å². The lowest BCUT2D eigenvalue weighted by Crippen LogP contribution is -2.57. The molecule has 0 bridgehead atoms. The quantitative estimate of drug-likeness (QED) is 0.750. The second-order valence-corrected chi connectivity index (χ2v) is 3.90. The molecule has 1 aliphatic carbocycles. The number of alkyl halides is 2. The third-order valence-electron chi connectivity index (χ3n) is 3.48. The second-order valence-electron chi connectivity index (χ2n) is 3.90. The Bertz CT molecular complexity index is 181. The molecule has 0 radical (unpaired) electrons. The van der Waals surface area contributed by atoms with Gasteiger partial charge in [0.1, 0.15) is 6.61 Å². The van der Waals surface area contributed by atoms with Gasteiger partial charge in [0.25, 0.3) is 6.43 Å². The molecule has 0 heterocycles. The standard InChI is InChI=1S/C10H18F2O2/c1-3-10(4-2)7(13)5-8(10)14-6-9(11)12/h7-9,13H,3-6H2,1-2H3. The number of hydrogen-bond acceptors (Lipinski definition) is 2. The molecular weight excluding hydrogens is 190 g/mol. The van der Waals surface area contributed by atoms with Gasteiger partial charge >= 0.3 is 0 Å². The third-order valence-corrected chi connectivity index (χ3v) is 3.48. The molecule has 2 unspecified atom stereocenters. The Morgan fingerprint density at radius 3 is 2.36 bits per heavy atom. The Morgan fingerprint density at radius 1 is 1.43 bits per heavy atom. The van der Waals surface area contributed by atoms with Crippen molar-refractivity contribution < 1.29 is 18.6 Å². The lowest BCUT2D eigenvalue weighted by molar-refractivity contribution is -0.206. The van der Waals surface area contributed by atoms with Gasteiger partial charge in [-0.25, -0.2) is 8.78 Å². The first-order valence-electron chi connectivity index (χ1n) is 5.14. The average Bonchev–Trinajstić information content (AvgIpc) is 2.14. The van der Waals surface area contributed by atoms with Gasteiger partial charge in [-0.2, -0.15) is 0 Å². The Kier molecular flexibility index (Phi) is 3.84. The van der Waals surface area contributed by atoms with Crippen molar-refractivity contribution in [2.24, 2.45) is 5.41 Å². The SMILES string of the molecule is CCC1(CC)C(O)CC1OCC(F)F. The number of hydrogen-bond donors (Lipinski definition) is 1. The third kappa shape index (κ3) is 1.91. The molecule has 1 N–H and O–H groups in total. The molecule has 0 aromatic heterocycles. The molecule has 1 aliphatic rings. The summed E-state index contributed by atoms with van der Waals surface area (Å²) in [5.74, 6) is 0. The highest BCUT2D eigenvalue weighted by molar-refractivity contribution is 5.02. The molecule has 1 rings (SSSR count). The highest BCUT2D eigenvalue weighted by Crippen LogP contribution is 2.48. The van der Waals surface area contributed by atoms with E-state index in [1.807, 2.05) is 13.8 Å². The minimum atomic E-state index is -2.42. The Labute approximate surface area is 83.3 Å². The van der Waals surface area contributed by atoms with Crippen LogP contribution in [0.15, 0.2) is 0 Å². The summed E-state index contributed by atoms with van der Waals surface area (Å²) < 4.78 is 28.9. The van der Waals surface area contributed by atoms with E-state index in [1.165, 1.54) is 0 Å². The summed E-state index contributed by atoms with van der Waals surface area (Å²) in [5.41, 5.74) is -0.283. The van der Waals surface area contributed by atoms with Crippen LogP contribution in [0.4, 0.5) is 8.78 Å². The molecule has 1 fully saturated rings. The van der Waals surface area contributed by atoms with E-state index in [9.17, 15) is 13.9 Å². The molecule has 84 valence electrons. The number of aliphatic hydroxyl groups is 1. The highest BCUT2D eigenvalue weighted by Gasteiger charge is 2.52. The maximum absolute atomic E-state index is 11.9. The number of ether oxygens (including phenoxy) is 1. The van der Waals surface area contributed by atoms with Gasteiger partial charge in [0.2, 0.25) is 0 Å². The molecule has 0 aliphatic heterocycles. The fourth-order valence-electron chi connectivity index (χ4n) is 2.33. The molecular formula is C10H18F2O2. The van der Waals surface area contributed by atoms with Crippen LogP contribution in [0.3, 0.4) is 0 Å². The molecule has 0 spiro atoms. The number of aliphatic hydroxyl groups excluding tert-OH is 1. The Morgan fingerprint density at radius 2 is 2.00 bits per heavy atom. The van der Waals surface area contributed by atoms with Gasteiger partial charge in [0.15, 0.2) is 0 Å². The van der Waals surface area contributed by atoms with Crippen LogP contribution in [0.1, 0.15) is 33.1 Å². The normalized spacial score (nSPS) is 30.4. The molecule has 2 nitrogen and oxygen atoms in total. The van der Waals surface area contributed by atoms with E-state index in [2.05, 4.69) is 0 Å². The summed E-state index contributed by atoms with van der Waals surface area (Å²) >= 11 is 0. The minimum absolute atomic E-state index is 0.193. The summed E-state index contributed by atoms with van der Waals surface area (Å²) in [6.45, 7) is 3.41. The number of rotatable bonds is 5. The maximum Gasteiger partial charge on any atom is 0.261 e. The molecule has 0 aromatic carbocycles. The van der Waals surface area contributed by atoms with E-state index >= 15 is 0 Å². The summed E-state index contributed by atoms with van der Waals surface area (Å²) in [4.78, 5) is 0. The highest BCUT2D eigenvalue weighted by atomic mass is 19.3. The number of halogens is 2. The van der Waals surface area contributed by atoms with E-state index in [4.69, 9.17) is 4.74 Å². The average molecular weight is 208 g/mol. The Hall–Kier alpha value is -0.220.